The molecule has 1 unspecified atom stereocenters. The predicted octanol–water partition coefficient (Wildman–Crippen LogP) is 3.56. The fraction of sp³-hybridized carbons (Fsp3) is 0.360. The monoisotopic (exact) mass is 464 g/mol. The molecular formula is C25H28N4O3S. The summed E-state index contributed by atoms with van der Waals surface area (Å²) in [5.41, 5.74) is 4.87. The zero-order valence-electron chi connectivity index (χ0n) is 18.9. The van der Waals surface area contributed by atoms with E-state index in [2.05, 4.69) is 10.4 Å². The van der Waals surface area contributed by atoms with E-state index in [1.165, 1.54) is 5.01 Å². The van der Waals surface area contributed by atoms with E-state index in [1.807, 2.05) is 62.4 Å². The van der Waals surface area contributed by atoms with Crippen molar-refractivity contribution in [1.29, 1.82) is 0 Å². The summed E-state index contributed by atoms with van der Waals surface area (Å²) in [7, 11) is 0. The summed E-state index contributed by atoms with van der Waals surface area (Å²) < 4.78 is 0. The van der Waals surface area contributed by atoms with Crippen molar-refractivity contribution < 1.29 is 14.4 Å². The number of hydrogen-bond acceptors (Lipinski definition) is 5. The van der Waals surface area contributed by atoms with Gasteiger partial charge >= 0.3 is 0 Å². The van der Waals surface area contributed by atoms with Crippen LogP contribution >= 0.6 is 11.8 Å². The lowest BCUT2D eigenvalue weighted by atomic mass is 10.1. The van der Waals surface area contributed by atoms with Gasteiger partial charge in [-0.25, -0.2) is 5.01 Å². The molecule has 0 bridgehead atoms. The van der Waals surface area contributed by atoms with Crippen LogP contribution in [-0.2, 0) is 14.4 Å². The average Bonchev–Trinajstić information content (AvgIpc) is 3.51. The van der Waals surface area contributed by atoms with Crippen LogP contribution in [0.4, 0.5) is 5.69 Å². The Bertz CT molecular complexity index is 1090. The molecule has 33 heavy (non-hydrogen) atoms. The lowest BCUT2D eigenvalue weighted by Gasteiger charge is -2.23. The molecule has 4 rings (SSSR count). The molecule has 3 amide bonds. The molecule has 0 aromatic heterocycles. The highest BCUT2D eigenvalue weighted by molar-refractivity contribution is 7.99. The number of carbonyl (C=O) groups is 3. The first-order valence-electron chi connectivity index (χ1n) is 11.1. The zero-order valence-corrected chi connectivity index (χ0v) is 19.7. The minimum absolute atomic E-state index is 0.0690. The molecule has 2 aromatic carbocycles. The standard InChI is InChI=1S/C25H28N4O3S/c1-17-8-9-20(14-18(17)2)26-25(32)22-15-33-16-28(22)23(30)10-11-24(31)29-13-12-21(27-29)19-6-4-3-5-7-19/h3-9,14,22H,10-13,15-16H2,1-2H3,(H,26,32). The van der Waals surface area contributed by atoms with Crippen LogP contribution in [-0.4, -0.2) is 57.6 Å². The molecule has 1 saturated heterocycles. The number of nitrogens with one attached hydrogen (secondary N) is 1. The second-order valence-electron chi connectivity index (χ2n) is 8.35. The lowest BCUT2D eigenvalue weighted by molar-refractivity contribution is -0.139. The van der Waals surface area contributed by atoms with E-state index in [-0.39, 0.29) is 30.6 Å². The molecule has 1 N–H and O–H groups in total. The quantitative estimate of drug-likeness (QED) is 0.709. The summed E-state index contributed by atoms with van der Waals surface area (Å²) in [6.45, 7) is 4.54. The minimum atomic E-state index is -0.534. The maximum atomic E-state index is 12.8. The first kappa shape index (κ1) is 23.0. The Morgan fingerprint density at radius 1 is 1.03 bits per heavy atom. The Morgan fingerprint density at radius 2 is 1.79 bits per heavy atom. The molecule has 0 radical (unpaired) electrons. The Hall–Kier alpha value is -3.13. The number of hydrazone groups is 1. The first-order valence-corrected chi connectivity index (χ1v) is 12.3. The zero-order chi connectivity index (χ0) is 23.4. The topological polar surface area (TPSA) is 82.1 Å². The molecule has 0 aliphatic carbocycles. The molecule has 7 nitrogen and oxygen atoms in total. The fourth-order valence-electron chi connectivity index (χ4n) is 3.91. The molecule has 1 atom stereocenters. The van der Waals surface area contributed by atoms with Crippen LogP contribution in [0.3, 0.4) is 0 Å². The molecule has 172 valence electrons. The van der Waals surface area contributed by atoms with Crippen molar-refractivity contribution in [3.8, 4) is 0 Å². The van der Waals surface area contributed by atoms with Crippen molar-refractivity contribution in [3.05, 3.63) is 65.2 Å². The first-order chi connectivity index (χ1) is 15.9. The van der Waals surface area contributed by atoms with Gasteiger partial charge in [0.1, 0.15) is 6.04 Å². The normalized spacial score (nSPS) is 17.8. The highest BCUT2D eigenvalue weighted by atomic mass is 32.2. The van der Waals surface area contributed by atoms with Gasteiger partial charge in [0.2, 0.25) is 17.7 Å². The van der Waals surface area contributed by atoms with Crippen LogP contribution in [0.25, 0.3) is 0 Å². The van der Waals surface area contributed by atoms with E-state index in [1.54, 1.807) is 16.7 Å². The Labute approximate surface area is 198 Å². The molecule has 0 spiro atoms. The average molecular weight is 465 g/mol. The molecule has 2 aliphatic rings. The van der Waals surface area contributed by atoms with Crippen LogP contribution < -0.4 is 5.32 Å². The second kappa shape index (κ2) is 10.2. The summed E-state index contributed by atoms with van der Waals surface area (Å²) in [5.74, 6) is 0.461. The van der Waals surface area contributed by atoms with E-state index >= 15 is 0 Å². The maximum absolute atomic E-state index is 12.8. The number of hydrogen-bond donors (Lipinski definition) is 1. The van der Waals surface area contributed by atoms with Gasteiger partial charge in [-0.1, -0.05) is 36.4 Å². The Morgan fingerprint density at radius 3 is 2.55 bits per heavy atom. The number of benzene rings is 2. The number of aryl methyl sites for hydroxylation is 2. The van der Waals surface area contributed by atoms with Gasteiger partial charge in [0.15, 0.2) is 0 Å². The van der Waals surface area contributed by atoms with Crippen molar-refractivity contribution in [2.75, 3.05) is 23.5 Å². The van der Waals surface area contributed by atoms with Crippen molar-refractivity contribution in [3.63, 3.8) is 0 Å². The molecule has 1 fully saturated rings. The number of nitrogens with zero attached hydrogens (tertiary/aromatic N) is 3. The van der Waals surface area contributed by atoms with Crippen LogP contribution in [0.1, 0.15) is 36.0 Å². The third kappa shape index (κ3) is 5.45. The molecule has 8 heteroatoms. The summed E-state index contributed by atoms with van der Waals surface area (Å²) >= 11 is 1.55. The number of carbonyl (C=O) groups excluding carboxylic acids is 3. The fourth-order valence-corrected chi connectivity index (χ4v) is 5.09. The van der Waals surface area contributed by atoms with Gasteiger partial charge in [-0.05, 0) is 42.7 Å². The second-order valence-corrected chi connectivity index (χ2v) is 9.35. The SMILES string of the molecule is Cc1ccc(NC(=O)C2CSCN2C(=O)CCC(=O)N2CCC(c3ccccc3)=N2)cc1C. The molecular weight excluding hydrogens is 436 g/mol. The van der Waals surface area contributed by atoms with Crippen LogP contribution in [0.5, 0.6) is 0 Å². The van der Waals surface area contributed by atoms with Gasteiger partial charge in [-0.2, -0.15) is 5.10 Å². The van der Waals surface area contributed by atoms with Crippen molar-refractivity contribution >= 4 is 40.9 Å². The van der Waals surface area contributed by atoms with Gasteiger partial charge in [0.25, 0.3) is 0 Å². The number of thioether (sulfide) groups is 1. The third-order valence-corrected chi connectivity index (χ3v) is 7.04. The van der Waals surface area contributed by atoms with E-state index < -0.39 is 6.04 Å². The summed E-state index contributed by atoms with van der Waals surface area (Å²) in [5, 5.41) is 8.83. The summed E-state index contributed by atoms with van der Waals surface area (Å²) in [4.78, 5) is 39.9. The van der Waals surface area contributed by atoms with E-state index in [9.17, 15) is 14.4 Å². The molecule has 0 saturated carbocycles. The highest BCUT2D eigenvalue weighted by Crippen LogP contribution is 2.24. The number of amides is 3. The van der Waals surface area contributed by atoms with Gasteiger partial charge in [0, 0.05) is 30.7 Å². The van der Waals surface area contributed by atoms with Crippen molar-refractivity contribution in [2.24, 2.45) is 5.10 Å². The molecule has 2 aromatic rings. The van der Waals surface area contributed by atoms with E-state index in [0.717, 1.165) is 28.1 Å². The molecule has 2 heterocycles. The Balaban J connectivity index is 1.31. The molecule has 2 aliphatic heterocycles. The Kier molecular flexibility index (Phi) is 7.13. The van der Waals surface area contributed by atoms with Crippen molar-refractivity contribution in [1.82, 2.24) is 9.91 Å². The van der Waals surface area contributed by atoms with E-state index in [0.29, 0.717) is 24.6 Å². The lowest BCUT2D eigenvalue weighted by Crippen LogP contribution is -2.44. The highest BCUT2D eigenvalue weighted by Gasteiger charge is 2.35. The van der Waals surface area contributed by atoms with Crippen LogP contribution in [0.2, 0.25) is 0 Å². The van der Waals surface area contributed by atoms with Crippen molar-refractivity contribution in [2.45, 2.75) is 39.2 Å². The summed E-state index contributed by atoms with van der Waals surface area (Å²) in [6, 6.07) is 15.0. The van der Waals surface area contributed by atoms with Gasteiger partial charge in [-0.3, -0.25) is 14.4 Å². The van der Waals surface area contributed by atoms with Gasteiger partial charge < -0.3 is 10.2 Å². The minimum Gasteiger partial charge on any atom is -0.324 e. The summed E-state index contributed by atoms with van der Waals surface area (Å²) in [6.07, 6.45) is 0.851. The third-order valence-electron chi connectivity index (χ3n) is 6.03. The largest absolute Gasteiger partial charge is 0.324 e. The van der Waals surface area contributed by atoms with Crippen LogP contribution in [0, 0.1) is 13.8 Å². The van der Waals surface area contributed by atoms with Crippen LogP contribution in [0.15, 0.2) is 53.6 Å². The maximum Gasteiger partial charge on any atom is 0.248 e. The number of anilines is 1. The predicted molar refractivity (Wildman–Crippen MR) is 131 cm³/mol. The smallest absolute Gasteiger partial charge is 0.248 e. The van der Waals surface area contributed by atoms with Gasteiger partial charge in [0.05, 0.1) is 18.1 Å². The van der Waals surface area contributed by atoms with Gasteiger partial charge in [-0.15, -0.1) is 11.8 Å². The van der Waals surface area contributed by atoms with E-state index in [4.69, 9.17) is 0 Å². The number of rotatable bonds is 6.